The summed E-state index contributed by atoms with van der Waals surface area (Å²) in [6.45, 7) is 4.91. The van der Waals surface area contributed by atoms with Crippen LogP contribution in [0.25, 0.3) is 0 Å². The molecule has 4 aliphatic rings. The van der Waals surface area contributed by atoms with E-state index in [9.17, 15) is 14.4 Å². The van der Waals surface area contributed by atoms with Crippen molar-refractivity contribution in [2.24, 2.45) is 11.8 Å². The van der Waals surface area contributed by atoms with E-state index in [-0.39, 0.29) is 23.8 Å². The monoisotopic (exact) mass is 413 g/mol. The van der Waals surface area contributed by atoms with Gasteiger partial charge < -0.3 is 4.90 Å². The van der Waals surface area contributed by atoms with Gasteiger partial charge >= 0.3 is 0 Å². The minimum absolute atomic E-state index is 0.101. The summed E-state index contributed by atoms with van der Waals surface area (Å²) >= 11 is 0. The average Bonchev–Trinajstić information content (AvgIpc) is 3.48. The predicted octanol–water partition coefficient (Wildman–Crippen LogP) is 2.70. The lowest BCUT2D eigenvalue weighted by molar-refractivity contribution is -0.137. The van der Waals surface area contributed by atoms with Crippen LogP contribution in [0.15, 0.2) is 67.3 Å². The van der Waals surface area contributed by atoms with Crippen LogP contribution >= 0.6 is 0 Å². The number of para-hydroxylation sites is 2. The van der Waals surface area contributed by atoms with Gasteiger partial charge in [0.25, 0.3) is 5.91 Å². The topological polar surface area (TPSA) is 60.9 Å². The zero-order valence-corrected chi connectivity index (χ0v) is 17.1. The summed E-state index contributed by atoms with van der Waals surface area (Å²) in [5, 5.41) is 0. The van der Waals surface area contributed by atoms with Crippen LogP contribution in [-0.2, 0) is 19.9 Å². The molecule has 4 heterocycles. The number of anilines is 2. The van der Waals surface area contributed by atoms with Gasteiger partial charge in [0, 0.05) is 23.8 Å². The lowest BCUT2D eigenvalue weighted by atomic mass is 9.75. The molecule has 0 unspecified atom stereocenters. The van der Waals surface area contributed by atoms with Gasteiger partial charge in [-0.2, -0.15) is 0 Å². The highest BCUT2D eigenvalue weighted by Crippen LogP contribution is 2.61. The third-order valence-corrected chi connectivity index (χ3v) is 7.47. The van der Waals surface area contributed by atoms with Gasteiger partial charge in [-0.3, -0.25) is 19.3 Å². The Hall–Kier alpha value is -3.25. The SMILES string of the molecule is C=CCN1C(=O)[C@@]2(c3ccccc31)[C@@H]1C(=O)N(c3ccccc3)C(=O)[C@@H]1[C@H]1CCCN12. The van der Waals surface area contributed by atoms with E-state index in [1.165, 1.54) is 4.90 Å². The number of imide groups is 1. The Morgan fingerprint density at radius 1 is 1.00 bits per heavy atom. The molecule has 0 bridgehead atoms. The second-order valence-electron chi connectivity index (χ2n) is 8.74. The third-order valence-electron chi connectivity index (χ3n) is 7.47. The first-order valence-corrected chi connectivity index (χ1v) is 10.8. The van der Waals surface area contributed by atoms with Crippen LogP contribution < -0.4 is 9.80 Å². The van der Waals surface area contributed by atoms with Gasteiger partial charge in [0.15, 0.2) is 0 Å². The van der Waals surface area contributed by atoms with E-state index in [4.69, 9.17) is 0 Å². The molecule has 3 amide bonds. The molecule has 0 N–H and O–H groups in total. The maximum atomic E-state index is 14.1. The van der Waals surface area contributed by atoms with Crippen LogP contribution in [-0.4, -0.2) is 41.8 Å². The van der Waals surface area contributed by atoms with Gasteiger partial charge in [-0.05, 0) is 37.6 Å². The van der Waals surface area contributed by atoms with Gasteiger partial charge in [0.2, 0.25) is 11.8 Å². The van der Waals surface area contributed by atoms with Gasteiger partial charge in [-0.1, -0.05) is 42.5 Å². The first kappa shape index (κ1) is 18.5. The van der Waals surface area contributed by atoms with Crippen molar-refractivity contribution in [3.63, 3.8) is 0 Å². The Labute approximate surface area is 180 Å². The summed E-state index contributed by atoms with van der Waals surface area (Å²) < 4.78 is 0. The molecule has 2 aromatic rings. The van der Waals surface area contributed by atoms with Crippen molar-refractivity contribution in [1.82, 2.24) is 4.90 Å². The zero-order chi connectivity index (χ0) is 21.3. The smallest absolute Gasteiger partial charge is 0.253 e. The molecular weight excluding hydrogens is 390 g/mol. The van der Waals surface area contributed by atoms with Crippen molar-refractivity contribution < 1.29 is 14.4 Å². The lowest BCUT2D eigenvalue weighted by Gasteiger charge is -2.37. The Balaban J connectivity index is 1.58. The lowest BCUT2D eigenvalue weighted by Crippen LogP contribution is -2.56. The molecule has 0 radical (unpaired) electrons. The Kier molecular flexibility index (Phi) is 3.81. The quantitative estimate of drug-likeness (QED) is 0.574. The number of rotatable bonds is 3. The third kappa shape index (κ3) is 2.08. The molecule has 6 rings (SSSR count). The number of hydrogen-bond donors (Lipinski definition) is 0. The fourth-order valence-electron chi connectivity index (χ4n) is 6.48. The van der Waals surface area contributed by atoms with Crippen LogP contribution in [0.5, 0.6) is 0 Å². The summed E-state index contributed by atoms with van der Waals surface area (Å²) in [7, 11) is 0. The molecule has 31 heavy (non-hydrogen) atoms. The Morgan fingerprint density at radius 2 is 1.74 bits per heavy atom. The average molecular weight is 413 g/mol. The van der Waals surface area contributed by atoms with E-state index in [1.54, 1.807) is 23.1 Å². The molecular formula is C25H23N3O3. The minimum Gasteiger partial charge on any atom is -0.306 e. The molecule has 2 aromatic carbocycles. The van der Waals surface area contributed by atoms with Gasteiger partial charge in [0.05, 0.1) is 17.5 Å². The molecule has 1 spiro atoms. The molecule has 6 nitrogen and oxygen atoms in total. The summed E-state index contributed by atoms with van der Waals surface area (Å²) in [6.07, 6.45) is 3.44. The van der Waals surface area contributed by atoms with E-state index in [1.807, 2.05) is 42.5 Å². The number of fused-ring (bicyclic) bond motifs is 7. The number of benzene rings is 2. The second-order valence-corrected chi connectivity index (χ2v) is 8.74. The fraction of sp³-hybridized carbons (Fsp3) is 0.320. The van der Waals surface area contributed by atoms with E-state index >= 15 is 0 Å². The number of hydrogen-bond acceptors (Lipinski definition) is 4. The maximum absolute atomic E-state index is 14.1. The second kappa shape index (κ2) is 6.37. The van der Waals surface area contributed by atoms with Gasteiger partial charge in [0.1, 0.15) is 5.54 Å². The van der Waals surface area contributed by atoms with Crippen molar-refractivity contribution in [2.75, 3.05) is 22.9 Å². The molecule has 3 saturated heterocycles. The molecule has 0 aromatic heterocycles. The highest BCUT2D eigenvalue weighted by Gasteiger charge is 2.75. The summed E-state index contributed by atoms with van der Waals surface area (Å²) in [5.41, 5.74) is 1.12. The number of carbonyl (C=O) groups excluding carboxylic acids is 3. The van der Waals surface area contributed by atoms with E-state index in [0.29, 0.717) is 18.8 Å². The van der Waals surface area contributed by atoms with Crippen LogP contribution in [0.4, 0.5) is 11.4 Å². The zero-order valence-electron chi connectivity index (χ0n) is 17.1. The van der Waals surface area contributed by atoms with Crippen LogP contribution in [0, 0.1) is 11.8 Å². The van der Waals surface area contributed by atoms with Crippen molar-refractivity contribution in [2.45, 2.75) is 24.4 Å². The summed E-state index contributed by atoms with van der Waals surface area (Å²) in [4.78, 5) is 46.9. The first-order valence-electron chi connectivity index (χ1n) is 10.8. The summed E-state index contributed by atoms with van der Waals surface area (Å²) in [5.74, 6) is -1.77. The van der Waals surface area contributed by atoms with Crippen molar-refractivity contribution in [3.05, 3.63) is 72.8 Å². The molecule has 4 aliphatic heterocycles. The van der Waals surface area contributed by atoms with Crippen LogP contribution in [0.2, 0.25) is 0 Å². The standard InChI is InChI=1S/C25H23N3O3/c1-2-14-26-18-12-7-6-11-17(18)25(24(26)31)21-20(19-13-8-15-27(19)25)22(29)28(23(21)30)16-9-4-3-5-10-16/h2-7,9-12,19-21H,1,8,13-15H2/t19-,20-,21+,25-/m1/s1. The van der Waals surface area contributed by atoms with Crippen molar-refractivity contribution in [3.8, 4) is 0 Å². The molecule has 0 aliphatic carbocycles. The largest absolute Gasteiger partial charge is 0.306 e. The fourth-order valence-corrected chi connectivity index (χ4v) is 6.48. The minimum atomic E-state index is -1.12. The van der Waals surface area contributed by atoms with Gasteiger partial charge in [-0.15, -0.1) is 6.58 Å². The number of amides is 3. The highest BCUT2D eigenvalue weighted by atomic mass is 16.2. The van der Waals surface area contributed by atoms with Crippen LogP contribution in [0.1, 0.15) is 18.4 Å². The predicted molar refractivity (Wildman–Crippen MR) is 116 cm³/mol. The normalized spacial score (nSPS) is 31.5. The van der Waals surface area contributed by atoms with Gasteiger partial charge in [-0.25, -0.2) is 4.90 Å². The van der Waals surface area contributed by atoms with Crippen molar-refractivity contribution >= 4 is 29.1 Å². The molecule has 6 heteroatoms. The molecule has 4 atom stereocenters. The molecule has 0 saturated carbocycles. The molecule has 156 valence electrons. The van der Waals surface area contributed by atoms with Crippen LogP contribution in [0.3, 0.4) is 0 Å². The first-order chi connectivity index (χ1) is 15.1. The Morgan fingerprint density at radius 3 is 2.52 bits per heavy atom. The van der Waals surface area contributed by atoms with Crippen molar-refractivity contribution in [1.29, 1.82) is 0 Å². The number of nitrogens with zero attached hydrogens (tertiary/aromatic N) is 3. The molecule has 3 fully saturated rings. The Bertz CT molecular complexity index is 1130. The summed E-state index contributed by atoms with van der Waals surface area (Å²) in [6, 6.07) is 16.7. The van der Waals surface area contributed by atoms with E-state index < -0.39 is 17.4 Å². The van der Waals surface area contributed by atoms with E-state index in [2.05, 4.69) is 11.5 Å². The van der Waals surface area contributed by atoms with E-state index in [0.717, 1.165) is 24.1 Å². The number of carbonyl (C=O) groups is 3. The maximum Gasteiger partial charge on any atom is 0.253 e. The highest BCUT2D eigenvalue weighted by molar-refractivity contribution is 6.26.